The van der Waals surface area contributed by atoms with Crippen LogP contribution in [0.25, 0.3) is 10.8 Å². The van der Waals surface area contributed by atoms with Crippen LogP contribution in [0.1, 0.15) is 29.8 Å². The minimum atomic E-state index is -0.363. The van der Waals surface area contributed by atoms with Crippen molar-refractivity contribution < 1.29 is 19.0 Å². The van der Waals surface area contributed by atoms with E-state index in [1.807, 2.05) is 62.4 Å². The van der Waals surface area contributed by atoms with E-state index in [4.69, 9.17) is 14.2 Å². The van der Waals surface area contributed by atoms with Gasteiger partial charge in [0.25, 0.3) is 5.91 Å². The lowest BCUT2D eigenvalue weighted by Crippen LogP contribution is -2.18. The molecule has 3 aromatic carbocycles. The summed E-state index contributed by atoms with van der Waals surface area (Å²) in [7, 11) is 3.12. The molecule has 29 heavy (non-hydrogen) atoms. The van der Waals surface area contributed by atoms with Gasteiger partial charge in [0.2, 0.25) is 0 Å². The number of fused-ring (bicyclic) bond motifs is 1. The molecule has 0 fully saturated rings. The predicted molar refractivity (Wildman–Crippen MR) is 114 cm³/mol. The summed E-state index contributed by atoms with van der Waals surface area (Å²) in [5.41, 5.74) is 3.67. The van der Waals surface area contributed by atoms with Gasteiger partial charge >= 0.3 is 0 Å². The van der Waals surface area contributed by atoms with Crippen molar-refractivity contribution in [3.8, 4) is 17.2 Å². The highest BCUT2D eigenvalue weighted by molar-refractivity contribution is 6.02. The van der Waals surface area contributed by atoms with E-state index in [1.54, 1.807) is 13.2 Å². The molecule has 0 aliphatic heterocycles. The third-order valence-corrected chi connectivity index (χ3v) is 4.27. The highest BCUT2D eigenvalue weighted by Crippen LogP contribution is 2.31. The third kappa shape index (κ3) is 4.66. The Morgan fingerprint density at radius 3 is 2.31 bits per heavy atom. The molecular formula is C23H24N2O4. The predicted octanol–water partition coefficient (Wildman–Crippen LogP) is 4.41. The molecule has 0 aliphatic carbocycles. The highest BCUT2D eigenvalue weighted by atomic mass is 16.5. The molecule has 1 amide bonds. The molecule has 3 rings (SSSR count). The Kier molecular flexibility index (Phi) is 6.34. The van der Waals surface area contributed by atoms with Crippen LogP contribution in [0, 0.1) is 0 Å². The maximum absolute atomic E-state index is 12.7. The molecule has 0 unspecified atom stereocenters. The molecule has 0 aromatic heterocycles. The topological polar surface area (TPSA) is 69.2 Å². The van der Waals surface area contributed by atoms with Crippen LogP contribution >= 0.6 is 0 Å². The van der Waals surface area contributed by atoms with E-state index in [-0.39, 0.29) is 12.0 Å². The number of methoxy groups -OCH3 is 2. The number of ether oxygens (including phenoxy) is 3. The third-order valence-electron chi connectivity index (χ3n) is 4.27. The van der Waals surface area contributed by atoms with Crippen LogP contribution in [-0.4, -0.2) is 32.4 Å². The summed E-state index contributed by atoms with van der Waals surface area (Å²) in [6.07, 6.45) is 1.50. The van der Waals surface area contributed by atoms with Gasteiger partial charge in [0, 0.05) is 5.56 Å². The van der Waals surface area contributed by atoms with Crippen LogP contribution in [0.15, 0.2) is 59.7 Å². The lowest BCUT2D eigenvalue weighted by Gasteiger charge is -2.15. The van der Waals surface area contributed by atoms with E-state index < -0.39 is 0 Å². The number of para-hydroxylation sites is 1. The first-order valence-electron chi connectivity index (χ1n) is 9.27. The fraction of sp³-hybridized carbons (Fsp3) is 0.217. The number of carbonyl (C=O) groups is 1. The molecule has 0 radical (unpaired) electrons. The zero-order chi connectivity index (χ0) is 20.8. The molecule has 0 aliphatic rings. The second-order valence-corrected chi connectivity index (χ2v) is 6.64. The molecule has 0 saturated heterocycles. The zero-order valence-corrected chi connectivity index (χ0v) is 16.9. The van der Waals surface area contributed by atoms with E-state index >= 15 is 0 Å². The van der Waals surface area contributed by atoms with Crippen molar-refractivity contribution >= 4 is 22.9 Å². The van der Waals surface area contributed by atoms with Crippen molar-refractivity contribution in [3.63, 3.8) is 0 Å². The number of carbonyl (C=O) groups excluding carboxylic acids is 1. The summed E-state index contributed by atoms with van der Waals surface area (Å²) < 4.78 is 16.6. The molecule has 6 nitrogen and oxygen atoms in total. The number of hydrogen-bond acceptors (Lipinski definition) is 5. The first-order valence-corrected chi connectivity index (χ1v) is 9.27. The maximum Gasteiger partial charge on any atom is 0.275 e. The first-order chi connectivity index (χ1) is 14.0. The average molecular weight is 392 g/mol. The largest absolute Gasteiger partial charge is 0.496 e. The van der Waals surface area contributed by atoms with Gasteiger partial charge in [-0.1, -0.05) is 30.3 Å². The molecule has 150 valence electrons. The molecule has 6 heteroatoms. The lowest BCUT2D eigenvalue weighted by atomic mass is 10.1. The van der Waals surface area contributed by atoms with Crippen LogP contribution in [-0.2, 0) is 0 Å². The summed E-state index contributed by atoms with van der Waals surface area (Å²) in [5.74, 6) is 1.30. The first kappa shape index (κ1) is 20.2. The molecule has 1 N–H and O–H groups in total. The fourth-order valence-electron chi connectivity index (χ4n) is 2.94. The Bertz CT molecular complexity index is 1040. The van der Waals surface area contributed by atoms with Crippen molar-refractivity contribution in [1.29, 1.82) is 0 Å². The van der Waals surface area contributed by atoms with E-state index in [9.17, 15) is 4.79 Å². The quantitative estimate of drug-likeness (QED) is 0.478. The number of nitrogens with one attached hydrogen (secondary N) is 1. The molecule has 0 bridgehead atoms. The molecular weight excluding hydrogens is 368 g/mol. The van der Waals surface area contributed by atoms with Crippen molar-refractivity contribution in [2.75, 3.05) is 14.2 Å². The van der Waals surface area contributed by atoms with Gasteiger partial charge in [-0.15, -0.1) is 0 Å². The second-order valence-electron chi connectivity index (χ2n) is 6.64. The van der Waals surface area contributed by atoms with Crippen LogP contribution in [0.2, 0.25) is 0 Å². The van der Waals surface area contributed by atoms with Gasteiger partial charge in [-0.05, 0) is 48.9 Å². The number of rotatable bonds is 7. The van der Waals surface area contributed by atoms with Crippen LogP contribution in [0.5, 0.6) is 17.2 Å². The Balaban J connectivity index is 1.84. The minimum absolute atomic E-state index is 0.0325. The van der Waals surface area contributed by atoms with E-state index in [1.165, 1.54) is 13.3 Å². The molecule has 0 spiro atoms. The van der Waals surface area contributed by atoms with E-state index in [0.29, 0.717) is 28.4 Å². The van der Waals surface area contributed by atoms with Crippen molar-refractivity contribution in [3.05, 3.63) is 65.7 Å². The molecule has 3 aromatic rings. The van der Waals surface area contributed by atoms with Gasteiger partial charge in [0.1, 0.15) is 5.75 Å². The maximum atomic E-state index is 12.7. The number of hydrogen-bond donors (Lipinski definition) is 1. The standard InChI is InChI=1S/C23H24N2O4/c1-15(2)29-22-18(10-7-11-20(22)27-3)14-24-25-23(26)19-12-16-8-5-6-9-17(16)13-21(19)28-4/h5-15H,1-4H3,(H,25,26). The van der Waals surface area contributed by atoms with Crippen LogP contribution in [0.3, 0.4) is 0 Å². The zero-order valence-electron chi connectivity index (χ0n) is 16.9. The van der Waals surface area contributed by atoms with E-state index in [2.05, 4.69) is 10.5 Å². The van der Waals surface area contributed by atoms with Crippen LogP contribution < -0.4 is 19.6 Å². The summed E-state index contributed by atoms with van der Waals surface area (Å²) in [5, 5.41) is 6.04. The molecule has 0 saturated carbocycles. The number of amides is 1. The minimum Gasteiger partial charge on any atom is -0.496 e. The van der Waals surface area contributed by atoms with Gasteiger partial charge in [0.05, 0.1) is 32.1 Å². The smallest absolute Gasteiger partial charge is 0.275 e. The Hall–Kier alpha value is -3.54. The summed E-state index contributed by atoms with van der Waals surface area (Å²) in [6, 6.07) is 16.9. The number of hydrazone groups is 1. The molecule has 0 heterocycles. The number of nitrogens with zero attached hydrogens (tertiary/aromatic N) is 1. The molecule has 0 atom stereocenters. The Labute approximate surface area is 170 Å². The van der Waals surface area contributed by atoms with Gasteiger partial charge in [-0.25, -0.2) is 5.43 Å². The van der Waals surface area contributed by atoms with Gasteiger partial charge in [-0.3, -0.25) is 4.79 Å². The Morgan fingerprint density at radius 1 is 0.966 bits per heavy atom. The van der Waals surface area contributed by atoms with Crippen molar-refractivity contribution in [2.24, 2.45) is 5.10 Å². The van der Waals surface area contributed by atoms with Crippen molar-refractivity contribution in [1.82, 2.24) is 5.43 Å². The summed E-state index contributed by atoms with van der Waals surface area (Å²) in [4.78, 5) is 12.7. The highest BCUT2D eigenvalue weighted by Gasteiger charge is 2.14. The fourth-order valence-corrected chi connectivity index (χ4v) is 2.94. The van der Waals surface area contributed by atoms with E-state index in [0.717, 1.165) is 10.8 Å². The van der Waals surface area contributed by atoms with Gasteiger partial charge < -0.3 is 14.2 Å². The average Bonchev–Trinajstić information content (AvgIpc) is 2.73. The number of benzene rings is 3. The SMILES string of the molecule is COc1cc2ccccc2cc1C(=O)NN=Cc1cccc(OC)c1OC(C)C. The Morgan fingerprint density at radius 2 is 1.66 bits per heavy atom. The van der Waals surface area contributed by atoms with Crippen LogP contribution in [0.4, 0.5) is 0 Å². The normalized spacial score (nSPS) is 11.1. The monoisotopic (exact) mass is 392 g/mol. The summed E-state index contributed by atoms with van der Waals surface area (Å²) >= 11 is 0. The summed E-state index contributed by atoms with van der Waals surface area (Å²) in [6.45, 7) is 3.86. The van der Waals surface area contributed by atoms with Gasteiger partial charge in [-0.2, -0.15) is 5.10 Å². The second kappa shape index (κ2) is 9.10. The van der Waals surface area contributed by atoms with Gasteiger partial charge in [0.15, 0.2) is 11.5 Å². The lowest BCUT2D eigenvalue weighted by molar-refractivity contribution is 0.0952. The van der Waals surface area contributed by atoms with Crippen molar-refractivity contribution in [2.45, 2.75) is 20.0 Å².